The van der Waals surface area contributed by atoms with Crippen LogP contribution < -0.4 is 23.7 Å². The predicted molar refractivity (Wildman–Crippen MR) is 105 cm³/mol. The fourth-order valence-corrected chi connectivity index (χ4v) is 3.58. The topological polar surface area (TPSA) is 72.5 Å². The molecule has 1 fully saturated rings. The van der Waals surface area contributed by atoms with Crippen LogP contribution in [0.2, 0.25) is 0 Å². The zero-order valence-electron chi connectivity index (χ0n) is 16.5. The van der Waals surface area contributed by atoms with Gasteiger partial charge in [0.15, 0.2) is 23.0 Å². The Morgan fingerprint density at radius 1 is 0.966 bits per heavy atom. The molecule has 152 valence electrons. The molecule has 0 N–H and O–H groups in total. The third kappa shape index (κ3) is 3.68. The molecule has 0 radical (unpaired) electrons. The number of carbonyl (C=O) groups is 1. The first kappa shape index (κ1) is 19.0. The van der Waals surface area contributed by atoms with E-state index in [2.05, 4.69) is 0 Å². The largest absolute Gasteiger partial charge is 0.493 e. The molecule has 0 unspecified atom stereocenters. The lowest BCUT2D eigenvalue weighted by atomic mass is 9.92. The Morgan fingerprint density at radius 3 is 2.38 bits per heavy atom. The van der Waals surface area contributed by atoms with Crippen LogP contribution >= 0.6 is 0 Å². The van der Waals surface area contributed by atoms with Crippen LogP contribution in [-0.4, -0.2) is 40.7 Å². The summed E-state index contributed by atoms with van der Waals surface area (Å²) in [5.74, 6) is 2.63. The molecule has 7 nitrogen and oxygen atoms in total. The summed E-state index contributed by atoms with van der Waals surface area (Å²) in [4.78, 5) is 12.4. The zero-order chi connectivity index (χ0) is 20.4. The number of cyclic esters (lactones) is 1. The van der Waals surface area contributed by atoms with Crippen molar-refractivity contribution in [2.24, 2.45) is 5.92 Å². The molecular formula is C22H22O7. The number of rotatable bonds is 6. The second-order valence-electron chi connectivity index (χ2n) is 6.75. The molecule has 0 amide bonds. The molecule has 0 aromatic heterocycles. The third-order valence-corrected chi connectivity index (χ3v) is 5.02. The van der Waals surface area contributed by atoms with Gasteiger partial charge in [-0.2, -0.15) is 0 Å². The molecule has 2 aliphatic rings. The van der Waals surface area contributed by atoms with Crippen molar-refractivity contribution in [3.63, 3.8) is 0 Å². The van der Waals surface area contributed by atoms with Gasteiger partial charge in [0.2, 0.25) is 12.5 Å². The van der Waals surface area contributed by atoms with Crippen LogP contribution in [0.15, 0.2) is 35.9 Å². The summed E-state index contributed by atoms with van der Waals surface area (Å²) >= 11 is 0. The average Bonchev–Trinajstić information content (AvgIpc) is 3.34. The van der Waals surface area contributed by atoms with Gasteiger partial charge < -0.3 is 28.4 Å². The summed E-state index contributed by atoms with van der Waals surface area (Å²) in [6, 6.07) is 9.42. The Labute approximate surface area is 168 Å². The maximum absolute atomic E-state index is 12.4. The molecule has 7 heteroatoms. The number of hydrogen-bond acceptors (Lipinski definition) is 7. The maximum atomic E-state index is 12.4. The zero-order valence-corrected chi connectivity index (χ0v) is 16.5. The highest BCUT2D eigenvalue weighted by Crippen LogP contribution is 2.40. The summed E-state index contributed by atoms with van der Waals surface area (Å²) in [5, 5.41) is 0. The Bertz CT molecular complexity index is 939. The van der Waals surface area contributed by atoms with Crippen molar-refractivity contribution in [3.8, 4) is 28.7 Å². The number of benzene rings is 2. The van der Waals surface area contributed by atoms with Gasteiger partial charge in [-0.3, -0.25) is 0 Å². The first-order valence-corrected chi connectivity index (χ1v) is 9.20. The summed E-state index contributed by atoms with van der Waals surface area (Å²) in [5.41, 5.74) is 2.43. The molecule has 1 saturated heterocycles. The Kier molecular flexibility index (Phi) is 5.20. The summed E-state index contributed by atoms with van der Waals surface area (Å²) in [6.45, 7) is 0.569. The standard InChI is InChI=1S/C22H22O7/c1-24-19-9-14(10-20(25-2)21(19)26-3)7-16-15(11-27-22(16)23)6-13-4-5-17-18(8-13)29-12-28-17/h4-5,7-10,15H,6,11-12H2,1-3H3/b16-7+/t15-/m0/s1. The summed E-state index contributed by atoms with van der Waals surface area (Å²) < 4.78 is 32.3. The Morgan fingerprint density at radius 2 is 1.69 bits per heavy atom. The normalized spacial score (nSPS) is 18.7. The van der Waals surface area contributed by atoms with Gasteiger partial charge in [-0.15, -0.1) is 0 Å². The highest BCUT2D eigenvalue weighted by Gasteiger charge is 2.31. The van der Waals surface area contributed by atoms with Crippen molar-refractivity contribution >= 4 is 12.0 Å². The lowest BCUT2D eigenvalue weighted by molar-refractivity contribution is -0.135. The highest BCUT2D eigenvalue weighted by atomic mass is 16.7. The third-order valence-electron chi connectivity index (χ3n) is 5.02. The predicted octanol–water partition coefficient (Wildman–Crippen LogP) is 3.24. The van der Waals surface area contributed by atoms with E-state index in [1.165, 1.54) is 0 Å². The minimum absolute atomic E-state index is 0.0676. The fraction of sp³-hybridized carbons (Fsp3) is 0.318. The van der Waals surface area contributed by atoms with E-state index >= 15 is 0 Å². The molecule has 2 aliphatic heterocycles. The van der Waals surface area contributed by atoms with Crippen molar-refractivity contribution in [1.29, 1.82) is 0 Å². The van der Waals surface area contributed by atoms with Crippen molar-refractivity contribution < 1.29 is 33.2 Å². The minimum atomic E-state index is -0.315. The van der Waals surface area contributed by atoms with Gasteiger partial charge in [0.25, 0.3) is 0 Å². The van der Waals surface area contributed by atoms with Gasteiger partial charge in [-0.25, -0.2) is 4.79 Å². The van der Waals surface area contributed by atoms with Crippen LogP contribution in [-0.2, 0) is 16.0 Å². The molecule has 0 saturated carbocycles. The van der Waals surface area contributed by atoms with E-state index in [0.717, 1.165) is 22.6 Å². The van der Waals surface area contributed by atoms with E-state index in [-0.39, 0.29) is 18.7 Å². The minimum Gasteiger partial charge on any atom is -0.493 e. The van der Waals surface area contributed by atoms with Gasteiger partial charge in [-0.1, -0.05) is 6.07 Å². The first-order valence-electron chi connectivity index (χ1n) is 9.20. The Hall–Kier alpha value is -3.35. The maximum Gasteiger partial charge on any atom is 0.334 e. The quantitative estimate of drug-likeness (QED) is 0.546. The molecule has 0 bridgehead atoms. The van der Waals surface area contributed by atoms with Crippen LogP contribution in [0, 0.1) is 5.92 Å². The number of carbonyl (C=O) groups excluding carboxylic acids is 1. The fourth-order valence-electron chi connectivity index (χ4n) is 3.58. The van der Waals surface area contributed by atoms with Crippen LogP contribution in [0.1, 0.15) is 11.1 Å². The number of ether oxygens (including phenoxy) is 6. The summed E-state index contributed by atoms with van der Waals surface area (Å²) in [6.07, 6.45) is 2.47. The lowest BCUT2D eigenvalue weighted by Crippen LogP contribution is -2.07. The van der Waals surface area contributed by atoms with E-state index < -0.39 is 0 Å². The van der Waals surface area contributed by atoms with Gasteiger partial charge in [0, 0.05) is 11.5 Å². The van der Waals surface area contributed by atoms with E-state index in [1.807, 2.05) is 24.3 Å². The SMILES string of the molecule is COc1cc(/C=C2/C(=O)OC[C@@H]2Cc2ccc3c(c2)OCO3)cc(OC)c1OC. The number of hydrogen-bond donors (Lipinski definition) is 0. The van der Waals surface area contributed by atoms with Crippen molar-refractivity contribution in [2.45, 2.75) is 6.42 Å². The van der Waals surface area contributed by atoms with E-state index in [9.17, 15) is 4.79 Å². The molecule has 1 atom stereocenters. The smallest absolute Gasteiger partial charge is 0.334 e. The molecule has 0 spiro atoms. The van der Waals surface area contributed by atoms with Gasteiger partial charge in [0.05, 0.1) is 27.9 Å². The van der Waals surface area contributed by atoms with Crippen LogP contribution in [0.4, 0.5) is 0 Å². The van der Waals surface area contributed by atoms with Gasteiger partial charge >= 0.3 is 5.97 Å². The average molecular weight is 398 g/mol. The van der Waals surface area contributed by atoms with Crippen LogP contribution in [0.3, 0.4) is 0 Å². The monoisotopic (exact) mass is 398 g/mol. The number of esters is 1. The molecule has 2 aromatic carbocycles. The number of methoxy groups -OCH3 is 3. The van der Waals surface area contributed by atoms with E-state index in [1.54, 1.807) is 33.5 Å². The first-order chi connectivity index (χ1) is 14.1. The number of fused-ring (bicyclic) bond motifs is 1. The molecule has 0 aliphatic carbocycles. The summed E-state index contributed by atoms with van der Waals surface area (Å²) in [7, 11) is 4.66. The van der Waals surface area contributed by atoms with Gasteiger partial charge in [0.1, 0.15) is 0 Å². The van der Waals surface area contributed by atoms with Gasteiger partial charge in [-0.05, 0) is 47.9 Å². The van der Waals surface area contributed by atoms with Crippen molar-refractivity contribution in [3.05, 3.63) is 47.0 Å². The van der Waals surface area contributed by atoms with E-state index in [0.29, 0.717) is 35.8 Å². The molecular weight excluding hydrogens is 376 g/mol. The molecule has 2 aromatic rings. The van der Waals surface area contributed by atoms with Crippen molar-refractivity contribution in [2.75, 3.05) is 34.7 Å². The molecule has 2 heterocycles. The second-order valence-corrected chi connectivity index (χ2v) is 6.75. The van der Waals surface area contributed by atoms with Crippen LogP contribution in [0.25, 0.3) is 6.08 Å². The van der Waals surface area contributed by atoms with E-state index in [4.69, 9.17) is 28.4 Å². The lowest BCUT2D eigenvalue weighted by Gasteiger charge is -2.14. The van der Waals surface area contributed by atoms with Crippen LogP contribution in [0.5, 0.6) is 28.7 Å². The second kappa shape index (κ2) is 7.95. The Balaban J connectivity index is 1.63. The molecule has 4 rings (SSSR count). The highest BCUT2D eigenvalue weighted by molar-refractivity contribution is 5.96. The molecule has 29 heavy (non-hydrogen) atoms. The van der Waals surface area contributed by atoms with Crippen molar-refractivity contribution in [1.82, 2.24) is 0 Å².